The van der Waals surface area contributed by atoms with E-state index in [2.05, 4.69) is 15.5 Å². The zero-order valence-electron chi connectivity index (χ0n) is 9.50. The molecule has 0 spiro atoms. The lowest BCUT2D eigenvalue weighted by Crippen LogP contribution is -2.33. The van der Waals surface area contributed by atoms with Crippen LogP contribution in [0.4, 0.5) is 5.82 Å². The normalized spacial score (nSPS) is 24.0. The van der Waals surface area contributed by atoms with Crippen LogP contribution in [0.2, 0.25) is 5.15 Å². The third-order valence-corrected chi connectivity index (χ3v) is 3.59. The molecule has 0 radical (unpaired) electrons. The van der Waals surface area contributed by atoms with Crippen molar-refractivity contribution in [3.05, 3.63) is 16.3 Å². The number of halogens is 1. The zero-order chi connectivity index (χ0) is 11.7. The van der Waals surface area contributed by atoms with Crippen molar-refractivity contribution in [3.8, 4) is 0 Å². The van der Waals surface area contributed by atoms with Crippen LogP contribution in [0.15, 0.2) is 0 Å². The average molecular weight is 242 g/mol. The number of nitrogens with zero attached hydrogens (tertiary/aromatic N) is 2. The molecule has 0 atom stereocenters. The Morgan fingerprint density at radius 2 is 2.00 bits per heavy atom. The minimum atomic E-state index is -0.106. The second-order valence-corrected chi connectivity index (χ2v) is 4.82. The third kappa shape index (κ3) is 2.28. The van der Waals surface area contributed by atoms with Gasteiger partial charge in [-0.1, -0.05) is 11.6 Å². The van der Waals surface area contributed by atoms with Crippen molar-refractivity contribution in [2.24, 2.45) is 5.92 Å². The maximum atomic E-state index is 9.18. The molecule has 4 nitrogen and oxygen atoms in total. The highest BCUT2D eigenvalue weighted by Gasteiger charge is 2.26. The highest BCUT2D eigenvalue weighted by Crippen LogP contribution is 2.28. The Bertz CT molecular complexity index is 391. The van der Waals surface area contributed by atoms with Crippen molar-refractivity contribution >= 4 is 17.4 Å². The molecule has 1 heterocycles. The standard InChI is InChI=1S/C11H16ClN3O/c1-6-7(2)11(15-14-10(6)12)13-5-8-3-9(16)4-8/h8-9,16H,3-5H2,1-2H3,(H,13,15). The van der Waals surface area contributed by atoms with Gasteiger partial charge in [0.2, 0.25) is 0 Å². The molecule has 0 bridgehead atoms. The minimum Gasteiger partial charge on any atom is -0.393 e. The first kappa shape index (κ1) is 11.6. The summed E-state index contributed by atoms with van der Waals surface area (Å²) in [5.41, 5.74) is 2.01. The van der Waals surface area contributed by atoms with Gasteiger partial charge in [0, 0.05) is 6.54 Å². The van der Waals surface area contributed by atoms with Crippen LogP contribution in [-0.2, 0) is 0 Å². The predicted molar refractivity (Wildman–Crippen MR) is 63.7 cm³/mol. The average Bonchev–Trinajstić information content (AvgIpc) is 2.22. The summed E-state index contributed by atoms with van der Waals surface area (Å²) in [6, 6.07) is 0. The number of hydrogen-bond acceptors (Lipinski definition) is 4. The Morgan fingerprint density at radius 1 is 1.31 bits per heavy atom. The molecular weight excluding hydrogens is 226 g/mol. The van der Waals surface area contributed by atoms with Crippen molar-refractivity contribution in [2.75, 3.05) is 11.9 Å². The molecule has 0 unspecified atom stereocenters. The quantitative estimate of drug-likeness (QED) is 0.849. The van der Waals surface area contributed by atoms with E-state index in [1.807, 2.05) is 13.8 Å². The molecule has 1 saturated carbocycles. The van der Waals surface area contributed by atoms with E-state index in [0.29, 0.717) is 11.1 Å². The molecule has 1 aliphatic carbocycles. The van der Waals surface area contributed by atoms with Crippen LogP contribution in [0.5, 0.6) is 0 Å². The Morgan fingerprint density at radius 3 is 2.62 bits per heavy atom. The number of anilines is 1. The largest absolute Gasteiger partial charge is 0.393 e. The molecule has 16 heavy (non-hydrogen) atoms. The summed E-state index contributed by atoms with van der Waals surface area (Å²) in [6.07, 6.45) is 1.66. The van der Waals surface area contributed by atoms with Gasteiger partial charge >= 0.3 is 0 Å². The molecule has 88 valence electrons. The van der Waals surface area contributed by atoms with E-state index in [1.165, 1.54) is 0 Å². The van der Waals surface area contributed by atoms with Crippen LogP contribution in [0.25, 0.3) is 0 Å². The van der Waals surface area contributed by atoms with Crippen molar-refractivity contribution in [2.45, 2.75) is 32.8 Å². The Labute approximate surface area is 100 Å². The van der Waals surface area contributed by atoms with Gasteiger partial charge in [0.05, 0.1) is 6.10 Å². The van der Waals surface area contributed by atoms with Gasteiger partial charge in [-0.3, -0.25) is 0 Å². The number of rotatable bonds is 3. The van der Waals surface area contributed by atoms with Crippen molar-refractivity contribution in [1.29, 1.82) is 0 Å². The summed E-state index contributed by atoms with van der Waals surface area (Å²) >= 11 is 5.87. The molecule has 0 amide bonds. The lowest BCUT2D eigenvalue weighted by atomic mass is 9.82. The predicted octanol–water partition coefficient (Wildman–Crippen LogP) is 1.93. The van der Waals surface area contributed by atoms with E-state index in [1.54, 1.807) is 0 Å². The summed E-state index contributed by atoms with van der Waals surface area (Å²) < 4.78 is 0. The summed E-state index contributed by atoms with van der Waals surface area (Å²) in [4.78, 5) is 0. The summed E-state index contributed by atoms with van der Waals surface area (Å²) in [5.74, 6) is 1.34. The molecular formula is C11H16ClN3O. The van der Waals surface area contributed by atoms with Gasteiger partial charge in [-0.15, -0.1) is 10.2 Å². The second-order valence-electron chi connectivity index (χ2n) is 4.46. The molecule has 0 aliphatic heterocycles. The van der Waals surface area contributed by atoms with Gasteiger partial charge < -0.3 is 10.4 Å². The first-order chi connectivity index (χ1) is 7.58. The Kier molecular flexibility index (Phi) is 3.30. The number of nitrogens with one attached hydrogen (secondary N) is 1. The van der Waals surface area contributed by atoms with E-state index in [-0.39, 0.29) is 6.10 Å². The molecule has 0 aromatic carbocycles. The fraction of sp³-hybridized carbons (Fsp3) is 0.636. The fourth-order valence-electron chi connectivity index (χ4n) is 1.85. The van der Waals surface area contributed by atoms with Crippen molar-refractivity contribution in [1.82, 2.24) is 10.2 Å². The van der Waals surface area contributed by atoms with Crippen LogP contribution in [0, 0.1) is 19.8 Å². The maximum Gasteiger partial charge on any atom is 0.155 e. The van der Waals surface area contributed by atoms with Gasteiger partial charge in [0.15, 0.2) is 11.0 Å². The van der Waals surface area contributed by atoms with Gasteiger partial charge in [-0.25, -0.2) is 0 Å². The van der Waals surface area contributed by atoms with E-state index in [4.69, 9.17) is 11.6 Å². The Balaban J connectivity index is 1.97. The van der Waals surface area contributed by atoms with Gasteiger partial charge in [-0.05, 0) is 43.7 Å². The van der Waals surface area contributed by atoms with Gasteiger partial charge in [0.25, 0.3) is 0 Å². The fourth-order valence-corrected chi connectivity index (χ4v) is 2.03. The first-order valence-corrected chi connectivity index (χ1v) is 5.87. The Hall–Kier alpha value is -0.870. The number of aliphatic hydroxyl groups excluding tert-OH is 1. The van der Waals surface area contributed by atoms with Crippen LogP contribution < -0.4 is 5.32 Å². The van der Waals surface area contributed by atoms with Crippen LogP contribution in [0.1, 0.15) is 24.0 Å². The second kappa shape index (κ2) is 4.55. The van der Waals surface area contributed by atoms with Crippen LogP contribution in [-0.4, -0.2) is 28.0 Å². The van der Waals surface area contributed by atoms with E-state index in [0.717, 1.165) is 36.3 Å². The van der Waals surface area contributed by atoms with Crippen molar-refractivity contribution < 1.29 is 5.11 Å². The van der Waals surface area contributed by atoms with Crippen LogP contribution in [0.3, 0.4) is 0 Å². The molecule has 1 aromatic rings. The molecule has 1 aliphatic rings. The third-order valence-electron chi connectivity index (χ3n) is 3.23. The van der Waals surface area contributed by atoms with Crippen LogP contribution >= 0.6 is 11.6 Å². The summed E-state index contributed by atoms with van der Waals surface area (Å²) in [6.45, 7) is 4.76. The van der Waals surface area contributed by atoms with E-state index >= 15 is 0 Å². The van der Waals surface area contributed by atoms with E-state index < -0.39 is 0 Å². The number of hydrogen-bond donors (Lipinski definition) is 2. The molecule has 2 rings (SSSR count). The number of aliphatic hydroxyl groups is 1. The van der Waals surface area contributed by atoms with Gasteiger partial charge in [-0.2, -0.15) is 0 Å². The lowest BCUT2D eigenvalue weighted by Gasteiger charge is -2.31. The molecule has 0 saturated heterocycles. The number of aromatic nitrogens is 2. The SMILES string of the molecule is Cc1c(Cl)nnc(NCC2CC(O)C2)c1C. The zero-order valence-corrected chi connectivity index (χ0v) is 10.3. The first-order valence-electron chi connectivity index (χ1n) is 5.49. The smallest absolute Gasteiger partial charge is 0.155 e. The molecule has 1 fully saturated rings. The molecule has 1 aromatic heterocycles. The monoisotopic (exact) mass is 241 g/mol. The van der Waals surface area contributed by atoms with Gasteiger partial charge in [0.1, 0.15) is 0 Å². The topological polar surface area (TPSA) is 58.0 Å². The lowest BCUT2D eigenvalue weighted by molar-refractivity contribution is 0.0486. The summed E-state index contributed by atoms with van der Waals surface area (Å²) in [5, 5.41) is 20.8. The molecule has 2 N–H and O–H groups in total. The molecule has 5 heteroatoms. The van der Waals surface area contributed by atoms with E-state index in [9.17, 15) is 5.11 Å². The minimum absolute atomic E-state index is 0.106. The highest BCUT2D eigenvalue weighted by molar-refractivity contribution is 6.30. The van der Waals surface area contributed by atoms with Crippen molar-refractivity contribution in [3.63, 3.8) is 0 Å². The maximum absolute atomic E-state index is 9.18. The summed E-state index contributed by atoms with van der Waals surface area (Å²) in [7, 11) is 0. The highest BCUT2D eigenvalue weighted by atomic mass is 35.5.